The molecule has 0 bridgehead atoms. The van der Waals surface area contributed by atoms with E-state index in [9.17, 15) is 14.4 Å². The molecular formula is C14H12FIN2O4-2. The second-order valence-corrected chi connectivity index (χ2v) is 6.67. The summed E-state index contributed by atoms with van der Waals surface area (Å²) in [6.07, 6.45) is 0. The quantitative estimate of drug-likeness (QED) is 0.387. The summed E-state index contributed by atoms with van der Waals surface area (Å²) in [4.78, 5) is 12.3. The molecule has 2 aromatic carbocycles. The van der Waals surface area contributed by atoms with Gasteiger partial charge in [0.05, 0.1) is 0 Å². The number of nitrogens with one attached hydrogen (secondary N) is 1. The molecule has 8 heteroatoms. The van der Waals surface area contributed by atoms with Crippen LogP contribution in [0.15, 0.2) is 42.5 Å². The zero-order valence-electron chi connectivity index (χ0n) is 11.4. The van der Waals surface area contributed by atoms with E-state index in [-0.39, 0.29) is 9.00 Å². The van der Waals surface area contributed by atoms with Crippen molar-refractivity contribution in [3.63, 3.8) is 0 Å². The van der Waals surface area contributed by atoms with Crippen LogP contribution in [0.3, 0.4) is 0 Å². The fourth-order valence-corrected chi connectivity index (χ4v) is 2.99. The van der Waals surface area contributed by atoms with Crippen LogP contribution in [-0.4, -0.2) is 21.7 Å². The standard InChI is InChI=1S/C14H12FIN2O4/c1-22-13-7-4-10(16-18(20)21)8-12(13)14(19)17-11-5-2-9(15)3-6-11/h2-8,20H,1H3,(H,17,19)/q-2. The van der Waals surface area contributed by atoms with Crippen molar-refractivity contribution in [3.05, 3.63) is 62.6 Å². The summed E-state index contributed by atoms with van der Waals surface area (Å²) in [5.74, 6) is -0.520. The first-order chi connectivity index (χ1) is 10.5. The first-order valence-electron chi connectivity index (χ1n) is 6.06. The summed E-state index contributed by atoms with van der Waals surface area (Å²) >= 11 is -1.31. The predicted octanol–water partition coefficient (Wildman–Crippen LogP) is -0.551. The topological polar surface area (TPSA) is 84.9 Å². The van der Waals surface area contributed by atoms with Crippen molar-refractivity contribution in [1.82, 2.24) is 3.44 Å². The molecule has 118 valence electrons. The summed E-state index contributed by atoms with van der Waals surface area (Å²) < 4.78 is 18.4. The van der Waals surface area contributed by atoms with Crippen LogP contribution in [-0.2, 0) is 0 Å². The number of ether oxygens (including phenoxy) is 1. The molecular weight excluding hydrogens is 406 g/mol. The van der Waals surface area contributed by atoms with Crippen LogP contribution in [0, 0.1) is 14.6 Å². The first kappa shape index (κ1) is 16.6. The maximum atomic E-state index is 12.9. The average molecular weight is 418 g/mol. The molecule has 0 aromatic heterocycles. The van der Waals surface area contributed by atoms with Crippen LogP contribution < -0.4 is 31.5 Å². The van der Waals surface area contributed by atoms with E-state index in [0.717, 1.165) is 0 Å². The molecule has 0 saturated heterocycles. The predicted molar refractivity (Wildman–Crippen MR) is 73.0 cm³/mol. The second kappa shape index (κ2) is 7.49. The van der Waals surface area contributed by atoms with Gasteiger partial charge in [0.1, 0.15) is 0 Å². The van der Waals surface area contributed by atoms with Crippen LogP contribution in [0.1, 0.15) is 10.4 Å². The molecule has 0 aliphatic heterocycles. The molecule has 2 rings (SSSR count). The molecule has 0 fully saturated rings. The SMILES string of the molecule is COc1ccc([I-]N([O-])O)cc1C(=O)Nc1ccc(F)cc1. The van der Waals surface area contributed by atoms with Gasteiger partial charge in [-0.3, -0.25) is 0 Å². The molecule has 2 aromatic rings. The summed E-state index contributed by atoms with van der Waals surface area (Å²) in [5, 5.41) is 22.1. The second-order valence-electron chi connectivity index (χ2n) is 4.12. The fraction of sp³-hybridized carbons (Fsp3) is 0.0714. The Kier molecular flexibility index (Phi) is 5.66. The monoisotopic (exact) mass is 418 g/mol. The molecule has 0 heterocycles. The number of hydrogen-bond acceptors (Lipinski definition) is 5. The van der Waals surface area contributed by atoms with E-state index >= 15 is 0 Å². The Morgan fingerprint density at radius 1 is 1.32 bits per heavy atom. The number of amides is 1. The normalized spacial score (nSPS) is 10.8. The number of rotatable bonds is 5. The van der Waals surface area contributed by atoms with Crippen molar-refractivity contribution in [3.8, 4) is 5.75 Å². The molecule has 0 spiro atoms. The van der Waals surface area contributed by atoms with Crippen LogP contribution in [0.2, 0.25) is 0 Å². The van der Waals surface area contributed by atoms with Gasteiger partial charge in [-0.2, -0.15) is 0 Å². The molecule has 0 aliphatic carbocycles. The molecule has 2 N–H and O–H groups in total. The number of hydrogen-bond donors (Lipinski definition) is 2. The third kappa shape index (κ3) is 4.37. The number of halogens is 2. The van der Waals surface area contributed by atoms with Crippen molar-refractivity contribution in [2.24, 2.45) is 0 Å². The molecule has 0 radical (unpaired) electrons. The fourth-order valence-electron chi connectivity index (χ4n) is 1.73. The zero-order valence-corrected chi connectivity index (χ0v) is 13.6. The van der Waals surface area contributed by atoms with Gasteiger partial charge in [-0.05, 0) is 0 Å². The van der Waals surface area contributed by atoms with Gasteiger partial charge in [0, 0.05) is 0 Å². The molecule has 6 nitrogen and oxygen atoms in total. The van der Waals surface area contributed by atoms with Gasteiger partial charge in [0.2, 0.25) is 0 Å². The van der Waals surface area contributed by atoms with Crippen LogP contribution in [0.5, 0.6) is 5.75 Å². The minimum atomic E-state index is -1.31. The minimum absolute atomic E-state index is 0.123. The van der Waals surface area contributed by atoms with Crippen molar-refractivity contribution < 1.29 is 40.6 Å². The molecule has 0 saturated carbocycles. The third-order valence-electron chi connectivity index (χ3n) is 2.68. The van der Waals surface area contributed by atoms with Gasteiger partial charge in [-0.1, -0.05) is 0 Å². The van der Waals surface area contributed by atoms with E-state index in [4.69, 9.17) is 9.94 Å². The molecule has 0 unspecified atom stereocenters. The Morgan fingerprint density at radius 2 is 2.00 bits per heavy atom. The van der Waals surface area contributed by atoms with E-state index in [2.05, 4.69) is 5.32 Å². The van der Waals surface area contributed by atoms with Crippen LogP contribution >= 0.6 is 0 Å². The number of carbonyl (C=O) groups is 1. The summed E-state index contributed by atoms with van der Waals surface area (Å²) in [6.45, 7) is 0. The van der Waals surface area contributed by atoms with Crippen LogP contribution in [0.25, 0.3) is 0 Å². The summed E-state index contributed by atoms with van der Waals surface area (Å²) in [7, 11) is 1.42. The Morgan fingerprint density at radius 3 is 2.59 bits per heavy atom. The molecule has 1 amide bonds. The van der Waals surface area contributed by atoms with Gasteiger partial charge < -0.3 is 0 Å². The number of methoxy groups -OCH3 is 1. The van der Waals surface area contributed by atoms with E-state index in [1.807, 2.05) is 0 Å². The Bertz CT molecular complexity index is 664. The zero-order chi connectivity index (χ0) is 16.1. The van der Waals surface area contributed by atoms with E-state index < -0.39 is 33.2 Å². The Balaban J connectivity index is 2.24. The summed E-state index contributed by atoms with van der Waals surface area (Å²) in [6, 6.07) is 9.99. The van der Waals surface area contributed by atoms with Gasteiger partial charge in [0.15, 0.2) is 0 Å². The number of anilines is 1. The van der Waals surface area contributed by atoms with Crippen molar-refractivity contribution in [2.75, 3.05) is 12.4 Å². The van der Waals surface area contributed by atoms with Gasteiger partial charge >= 0.3 is 136 Å². The average Bonchev–Trinajstić information content (AvgIpc) is 2.49. The van der Waals surface area contributed by atoms with E-state index in [1.54, 1.807) is 12.1 Å². The van der Waals surface area contributed by atoms with Gasteiger partial charge in [-0.15, -0.1) is 0 Å². The molecule has 0 aliphatic rings. The third-order valence-corrected chi connectivity index (χ3v) is 4.32. The van der Waals surface area contributed by atoms with Crippen LogP contribution in [0.4, 0.5) is 10.1 Å². The first-order valence-corrected chi connectivity index (χ1v) is 8.10. The Labute approximate surface area is 136 Å². The maximum absolute atomic E-state index is 12.9. The summed E-state index contributed by atoms with van der Waals surface area (Å²) in [5.41, 5.74) is 0.659. The van der Waals surface area contributed by atoms with Gasteiger partial charge in [-0.25, -0.2) is 0 Å². The number of benzene rings is 2. The van der Waals surface area contributed by atoms with Crippen molar-refractivity contribution in [1.29, 1.82) is 0 Å². The Hall–Kier alpha value is -1.75. The van der Waals surface area contributed by atoms with Gasteiger partial charge in [0.25, 0.3) is 0 Å². The molecule has 22 heavy (non-hydrogen) atoms. The van der Waals surface area contributed by atoms with E-state index in [1.165, 1.54) is 37.4 Å². The van der Waals surface area contributed by atoms with Crippen molar-refractivity contribution >= 4 is 11.6 Å². The van der Waals surface area contributed by atoms with Crippen molar-refractivity contribution in [2.45, 2.75) is 0 Å². The number of carbonyl (C=O) groups excluding carboxylic acids is 1. The molecule has 0 atom stereocenters. The van der Waals surface area contributed by atoms with E-state index in [0.29, 0.717) is 15.0 Å². The number of nitrogens with zero attached hydrogens (tertiary/aromatic N) is 1.